The second-order valence-electron chi connectivity index (χ2n) is 1.67. The van der Waals surface area contributed by atoms with Crippen molar-refractivity contribution in [3.63, 3.8) is 0 Å². The quantitative estimate of drug-likeness (QED) is 0.541. The lowest BCUT2D eigenvalue weighted by Crippen LogP contribution is -1.96. The molecule has 2 radical (unpaired) electrons. The van der Waals surface area contributed by atoms with Gasteiger partial charge in [0.05, 0.1) is 0 Å². The van der Waals surface area contributed by atoms with Gasteiger partial charge in [-0.1, -0.05) is 18.2 Å². The van der Waals surface area contributed by atoms with Crippen LogP contribution in [0.2, 0.25) is 0 Å². The minimum Gasteiger partial charge on any atom is -0.265 e. The zero-order valence-corrected chi connectivity index (χ0v) is 4.74. The fraction of sp³-hybridized carbons (Fsp3) is 0. The maximum atomic E-state index is 10.2. The van der Waals surface area contributed by atoms with E-state index < -0.39 is 5.91 Å². The summed E-state index contributed by atoms with van der Waals surface area (Å²) in [6.45, 7) is 0. The predicted molar refractivity (Wildman–Crippen MR) is 32.9 cm³/mol. The molecule has 0 spiro atoms. The first kappa shape index (κ1) is 5.82. The number of amides is 1. The molecular weight excluding hydrogens is 114 g/mol. The number of nitrogens with zero attached hydrogens (tertiary/aromatic N) is 1. The summed E-state index contributed by atoms with van der Waals surface area (Å²) in [5, 5.41) is 0. The Bertz CT molecular complexity index is 205. The normalized spacial score (nSPS) is 8.89. The molecule has 1 rings (SSSR count). The number of hydrogen-bond acceptors (Lipinski definition) is 1. The van der Waals surface area contributed by atoms with E-state index in [1.165, 1.54) is 0 Å². The first-order chi connectivity index (χ1) is 4.30. The molecule has 0 aromatic heterocycles. The lowest BCUT2D eigenvalue weighted by molar-refractivity contribution is 0.0992. The van der Waals surface area contributed by atoms with Crippen LogP contribution in [-0.2, 0) is 0 Å². The van der Waals surface area contributed by atoms with Gasteiger partial charge in [-0.2, -0.15) is 0 Å². The highest BCUT2D eigenvalue weighted by Gasteiger charge is 1.97. The van der Waals surface area contributed by atoms with Gasteiger partial charge in [-0.05, 0) is 12.1 Å². The van der Waals surface area contributed by atoms with Crippen LogP contribution in [-0.4, -0.2) is 5.91 Å². The molecule has 0 heterocycles. The second kappa shape index (κ2) is 2.31. The fourth-order valence-corrected chi connectivity index (χ4v) is 0.581. The Morgan fingerprint density at radius 2 is 1.78 bits per heavy atom. The summed E-state index contributed by atoms with van der Waals surface area (Å²) in [7, 11) is 0. The van der Waals surface area contributed by atoms with E-state index in [2.05, 4.69) is 0 Å². The van der Waals surface area contributed by atoms with Gasteiger partial charge >= 0.3 is 0 Å². The summed E-state index contributed by atoms with van der Waals surface area (Å²) in [4.78, 5) is 10.2. The Labute approximate surface area is 53.3 Å². The fourth-order valence-electron chi connectivity index (χ4n) is 0.581. The van der Waals surface area contributed by atoms with Crippen LogP contribution in [0.5, 0.6) is 0 Å². The van der Waals surface area contributed by atoms with E-state index in [0.717, 1.165) is 0 Å². The van der Waals surface area contributed by atoms with Gasteiger partial charge in [0.2, 0.25) is 0 Å². The molecule has 1 aromatic carbocycles. The summed E-state index contributed by atoms with van der Waals surface area (Å²) in [5.41, 5.74) is 8.72. The average molecular weight is 119 g/mol. The van der Waals surface area contributed by atoms with Crippen LogP contribution in [0, 0.1) is 0 Å². The van der Waals surface area contributed by atoms with Gasteiger partial charge in [0.25, 0.3) is 5.91 Å². The number of carbonyl (C=O) groups is 1. The van der Waals surface area contributed by atoms with Crippen molar-refractivity contribution in [2.24, 2.45) is 0 Å². The monoisotopic (exact) mass is 119 g/mol. The highest BCUT2D eigenvalue weighted by atomic mass is 16.1. The molecule has 0 saturated carbocycles. The van der Waals surface area contributed by atoms with Gasteiger partial charge < -0.3 is 0 Å². The summed E-state index contributed by atoms with van der Waals surface area (Å²) in [6.07, 6.45) is 0. The molecule has 0 saturated heterocycles. The number of benzene rings is 1. The third kappa shape index (κ3) is 1.29. The molecule has 0 aliphatic rings. The molecule has 2 heteroatoms. The minimum atomic E-state index is -0.879. The third-order valence-electron chi connectivity index (χ3n) is 1.02. The zero-order valence-electron chi connectivity index (χ0n) is 4.74. The number of hydrogen-bond donors (Lipinski definition) is 0. The van der Waals surface area contributed by atoms with Crippen LogP contribution in [0.3, 0.4) is 0 Å². The number of rotatable bonds is 1. The second-order valence-corrected chi connectivity index (χ2v) is 1.67. The van der Waals surface area contributed by atoms with Crippen molar-refractivity contribution in [3.05, 3.63) is 35.9 Å². The molecule has 1 aromatic rings. The van der Waals surface area contributed by atoms with E-state index in [-0.39, 0.29) is 0 Å². The van der Waals surface area contributed by atoms with Crippen LogP contribution in [0.15, 0.2) is 30.3 Å². The van der Waals surface area contributed by atoms with Gasteiger partial charge in [0.15, 0.2) is 0 Å². The first-order valence-electron chi connectivity index (χ1n) is 2.59. The maximum Gasteiger partial charge on any atom is 0.295 e. The molecule has 0 unspecified atom stereocenters. The van der Waals surface area contributed by atoms with E-state index in [4.69, 9.17) is 5.73 Å². The Morgan fingerprint density at radius 3 is 2.11 bits per heavy atom. The van der Waals surface area contributed by atoms with Crippen LogP contribution >= 0.6 is 0 Å². The van der Waals surface area contributed by atoms with Crippen molar-refractivity contribution in [2.45, 2.75) is 0 Å². The molecule has 0 bridgehead atoms. The maximum absolute atomic E-state index is 10.2. The lowest BCUT2D eigenvalue weighted by atomic mass is 10.2. The SMILES string of the molecule is [N]C(=O)c1ccccc1. The highest BCUT2D eigenvalue weighted by Crippen LogP contribution is 1.95. The predicted octanol–water partition coefficient (Wildman–Crippen LogP) is 0.895. The zero-order chi connectivity index (χ0) is 6.69. The van der Waals surface area contributed by atoms with Gasteiger partial charge in [-0.15, -0.1) is 5.73 Å². The van der Waals surface area contributed by atoms with Crippen LogP contribution in [0.4, 0.5) is 0 Å². The van der Waals surface area contributed by atoms with Gasteiger partial charge in [0.1, 0.15) is 0 Å². The van der Waals surface area contributed by atoms with Crippen LogP contribution in [0.1, 0.15) is 10.4 Å². The highest BCUT2D eigenvalue weighted by molar-refractivity contribution is 5.91. The Kier molecular flexibility index (Phi) is 1.49. The van der Waals surface area contributed by atoms with Crippen molar-refractivity contribution in [3.8, 4) is 0 Å². The lowest BCUT2D eigenvalue weighted by Gasteiger charge is -1.86. The molecule has 1 amide bonds. The Hall–Kier alpha value is -1.31. The van der Waals surface area contributed by atoms with E-state index in [1.54, 1.807) is 30.3 Å². The van der Waals surface area contributed by atoms with Gasteiger partial charge in [-0.25, -0.2) is 0 Å². The van der Waals surface area contributed by atoms with Gasteiger partial charge in [0, 0.05) is 5.56 Å². The minimum absolute atomic E-state index is 0.331. The molecule has 0 fully saturated rings. The summed E-state index contributed by atoms with van der Waals surface area (Å²) in [6, 6.07) is 8.30. The van der Waals surface area contributed by atoms with Crippen molar-refractivity contribution < 1.29 is 4.79 Å². The van der Waals surface area contributed by atoms with Crippen molar-refractivity contribution in [1.82, 2.24) is 5.73 Å². The van der Waals surface area contributed by atoms with E-state index in [0.29, 0.717) is 5.56 Å². The van der Waals surface area contributed by atoms with Crippen molar-refractivity contribution in [2.75, 3.05) is 0 Å². The Balaban J connectivity index is 2.98. The molecule has 0 aliphatic carbocycles. The van der Waals surface area contributed by atoms with Gasteiger partial charge in [-0.3, -0.25) is 4.79 Å². The largest absolute Gasteiger partial charge is 0.295 e. The average Bonchev–Trinajstić information content (AvgIpc) is 1.90. The molecule has 2 nitrogen and oxygen atoms in total. The molecular formula is C7H5NO. The molecule has 44 valence electrons. The molecule has 0 aliphatic heterocycles. The molecule has 9 heavy (non-hydrogen) atoms. The smallest absolute Gasteiger partial charge is 0.265 e. The molecule has 0 N–H and O–H groups in total. The van der Waals surface area contributed by atoms with Crippen LogP contribution < -0.4 is 5.73 Å². The van der Waals surface area contributed by atoms with Crippen molar-refractivity contribution >= 4 is 5.91 Å². The summed E-state index contributed by atoms with van der Waals surface area (Å²) < 4.78 is 0. The standard InChI is InChI=1S/C7H5NO/c8-7(9)6-4-2-1-3-5-6/h1-5H. The Morgan fingerprint density at radius 1 is 1.22 bits per heavy atom. The summed E-state index contributed by atoms with van der Waals surface area (Å²) >= 11 is 0. The topological polar surface area (TPSA) is 39.4 Å². The van der Waals surface area contributed by atoms with Crippen LogP contribution in [0.25, 0.3) is 0 Å². The number of carbonyl (C=O) groups excluding carboxylic acids is 1. The van der Waals surface area contributed by atoms with E-state index in [1.807, 2.05) is 0 Å². The van der Waals surface area contributed by atoms with E-state index >= 15 is 0 Å². The first-order valence-corrected chi connectivity index (χ1v) is 2.59. The summed E-state index contributed by atoms with van der Waals surface area (Å²) in [5.74, 6) is -0.879. The molecule has 0 atom stereocenters. The van der Waals surface area contributed by atoms with Crippen molar-refractivity contribution in [1.29, 1.82) is 0 Å². The van der Waals surface area contributed by atoms with E-state index in [9.17, 15) is 4.79 Å². The third-order valence-corrected chi connectivity index (χ3v) is 1.02.